The minimum Gasteiger partial charge on any atom is -0.443 e. The summed E-state index contributed by atoms with van der Waals surface area (Å²) >= 11 is 0. The maximum Gasteiger partial charge on any atom is 0.318 e. The zero-order valence-corrected chi connectivity index (χ0v) is 46.3. The van der Waals surface area contributed by atoms with Crippen LogP contribution < -0.4 is 10.9 Å². The number of fused-ring (bicyclic) bond motifs is 2. The number of benzene rings is 4. The molecule has 3 amide bonds. The van der Waals surface area contributed by atoms with Crippen LogP contribution in [0, 0.1) is 6.92 Å². The molecular formula is C64H78N8O7. The van der Waals surface area contributed by atoms with E-state index in [4.69, 9.17) is 14.6 Å². The maximum atomic E-state index is 14.8. The number of piperazine rings is 1. The molecule has 5 aliphatic rings. The Hall–Kier alpha value is -6.84. The summed E-state index contributed by atoms with van der Waals surface area (Å²) in [6.45, 7) is 7.52. The van der Waals surface area contributed by atoms with Gasteiger partial charge in [-0.25, -0.2) is 9.48 Å². The Morgan fingerprint density at radius 3 is 1.85 bits per heavy atom. The van der Waals surface area contributed by atoms with E-state index in [9.17, 15) is 24.0 Å². The highest BCUT2D eigenvalue weighted by atomic mass is 16.5. The van der Waals surface area contributed by atoms with Crippen molar-refractivity contribution in [3.8, 4) is 0 Å². The second kappa shape index (κ2) is 23.9. The molecule has 3 saturated heterocycles. The molecule has 2 aromatic heterocycles. The highest BCUT2D eigenvalue weighted by Crippen LogP contribution is 2.42. The minimum absolute atomic E-state index is 0.0172. The number of ether oxygens (including phenoxy) is 2. The lowest BCUT2D eigenvalue weighted by Crippen LogP contribution is -2.59. The molecule has 15 heteroatoms. The lowest BCUT2D eigenvalue weighted by Gasteiger charge is -2.43. The molecule has 5 heterocycles. The number of para-hydroxylation sites is 1. The minimum atomic E-state index is -0.831. The Labute approximate surface area is 464 Å². The molecule has 2 aliphatic carbocycles. The van der Waals surface area contributed by atoms with E-state index in [-0.39, 0.29) is 55.2 Å². The first-order valence-corrected chi connectivity index (χ1v) is 29.3. The molecule has 416 valence electrons. The average molecular weight is 1070 g/mol. The molecule has 2 saturated carbocycles. The van der Waals surface area contributed by atoms with Gasteiger partial charge >= 0.3 is 18.0 Å². The van der Waals surface area contributed by atoms with E-state index in [1.54, 1.807) is 20.3 Å². The van der Waals surface area contributed by atoms with Crippen molar-refractivity contribution in [2.24, 2.45) is 0 Å². The van der Waals surface area contributed by atoms with Crippen molar-refractivity contribution in [3.63, 3.8) is 0 Å². The van der Waals surface area contributed by atoms with Crippen LogP contribution in [0.4, 0.5) is 4.79 Å². The normalized spacial score (nSPS) is 20.0. The van der Waals surface area contributed by atoms with Crippen molar-refractivity contribution < 1.29 is 28.7 Å². The summed E-state index contributed by atoms with van der Waals surface area (Å²) in [5.74, 6) is -0.744. The summed E-state index contributed by atoms with van der Waals surface area (Å²) in [6.07, 6.45) is 14.4. The topological polar surface area (TPSA) is 152 Å². The predicted molar refractivity (Wildman–Crippen MR) is 306 cm³/mol. The number of carbonyl (C=O) groups is 4. The van der Waals surface area contributed by atoms with Crippen LogP contribution in [0.5, 0.6) is 0 Å². The van der Waals surface area contributed by atoms with Crippen LogP contribution in [-0.2, 0) is 54.6 Å². The molecule has 3 aliphatic heterocycles. The molecule has 0 bridgehead atoms. The zero-order chi connectivity index (χ0) is 54.5. The molecule has 11 rings (SSSR count). The van der Waals surface area contributed by atoms with Gasteiger partial charge in [-0.2, -0.15) is 5.10 Å². The third-order valence-electron chi connectivity index (χ3n) is 18.6. The smallest absolute Gasteiger partial charge is 0.318 e. The highest BCUT2D eigenvalue weighted by Gasteiger charge is 2.44. The van der Waals surface area contributed by atoms with Crippen LogP contribution in [-0.4, -0.2) is 129 Å². The van der Waals surface area contributed by atoms with E-state index in [1.165, 1.54) is 0 Å². The van der Waals surface area contributed by atoms with Crippen molar-refractivity contribution in [2.75, 3.05) is 59.4 Å². The number of nitrogens with zero attached hydrogens (tertiary/aromatic N) is 7. The molecule has 79 heavy (non-hydrogen) atoms. The quantitative estimate of drug-likeness (QED) is 0.105. The van der Waals surface area contributed by atoms with Crippen LogP contribution in [0.15, 0.2) is 114 Å². The lowest BCUT2D eigenvalue weighted by molar-refractivity contribution is -0.157. The second-order valence-corrected chi connectivity index (χ2v) is 23.4. The van der Waals surface area contributed by atoms with Gasteiger partial charge in [0.25, 0.3) is 5.56 Å². The fourth-order valence-electron chi connectivity index (χ4n) is 14.0. The van der Waals surface area contributed by atoms with E-state index in [0.717, 1.165) is 129 Å². The SMILES string of the molecule is Cc1cc(CC(NC(=O)N2CCC(c3cc4ccccc4n(COC(=O)C4(c5ccccc5)CCCCC4)c3=O)CC2)C(=O)N2CCN(C3CCN(C)CC3)CC2)cc2cnn(COC(=O)C3(c4ccccc4)CCCCC3)c12. The van der Waals surface area contributed by atoms with Crippen molar-refractivity contribution in [1.29, 1.82) is 0 Å². The van der Waals surface area contributed by atoms with Gasteiger partial charge in [0.1, 0.15) is 6.04 Å². The molecule has 1 atom stereocenters. The van der Waals surface area contributed by atoms with Gasteiger partial charge < -0.3 is 29.5 Å². The molecule has 15 nitrogen and oxygen atoms in total. The van der Waals surface area contributed by atoms with E-state index < -0.39 is 16.9 Å². The Morgan fingerprint density at radius 1 is 0.646 bits per heavy atom. The first-order chi connectivity index (χ1) is 38.5. The summed E-state index contributed by atoms with van der Waals surface area (Å²) in [4.78, 5) is 80.8. The number of piperidine rings is 2. The third-order valence-corrected chi connectivity index (χ3v) is 18.6. The summed E-state index contributed by atoms with van der Waals surface area (Å²) in [5.41, 5.74) is 4.37. The number of urea groups is 1. The fourth-order valence-corrected chi connectivity index (χ4v) is 14.0. The number of aryl methyl sites for hydroxylation is 1. The predicted octanol–water partition coefficient (Wildman–Crippen LogP) is 9.20. The number of esters is 2. The Morgan fingerprint density at radius 2 is 1.23 bits per heavy atom. The summed E-state index contributed by atoms with van der Waals surface area (Å²) in [6, 6.07) is 33.1. The van der Waals surface area contributed by atoms with Gasteiger partial charge in [0.05, 0.1) is 28.1 Å². The summed E-state index contributed by atoms with van der Waals surface area (Å²) < 4.78 is 15.6. The number of pyridine rings is 1. The van der Waals surface area contributed by atoms with Gasteiger partial charge in [-0.1, -0.05) is 123 Å². The van der Waals surface area contributed by atoms with Crippen molar-refractivity contribution in [3.05, 3.63) is 147 Å². The molecule has 6 aromatic rings. The number of aromatic nitrogens is 3. The summed E-state index contributed by atoms with van der Waals surface area (Å²) in [5, 5.41) is 9.66. The summed E-state index contributed by atoms with van der Waals surface area (Å²) in [7, 11) is 2.17. The monoisotopic (exact) mass is 1070 g/mol. The number of amides is 3. The number of carbonyl (C=O) groups excluding carboxylic acids is 4. The first-order valence-electron chi connectivity index (χ1n) is 29.3. The Bertz CT molecular complexity index is 3180. The number of likely N-dealkylation sites (tertiary alicyclic amines) is 2. The van der Waals surface area contributed by atoms with Crippen LogP contribution in [0.3, 0.4) is 0 Å². The van der Waals surface area contributed by atoms with Gasteiger partial charge in [0.15, 0.2) is 13.5 Å². The lowest BCUT2D eigenvalue weighted by atomic mass is 9.69. The molecular weight excluding hydrogens is 993 g/mol. The highest BCUT2D eigenvalue weighted by molar-refractivity contribution is 5.89. The van der Waals surface area contributed by atoms with Gasteiger partial charge in [0, 0.05) is 62.7 Å². The number of nitrogens with one attached hydrogen (secondary N) is 1. The molecule has 5 fully saturated rings. The number of hydrogen-bond donors (Lipinski definition) is 1. The fraction of sp³-hybridized carbons (Fsp3) is 0.500. The van der Waals surface area contributed by atoms with Crippen molar-refractivity contribution >= 4 is 45.7 Å². The van der Waals surface area contributed by atoms with Crippen molar-refractivity contribution in [1.82, 2.24) is 39.3 Å². The standard InChI is InChI=1S/C64H78N8O7/c1-46-39-47(40-50-43-65-72(57(46)50)45-79-61(76)64(29-15-6-16-30-64)52-20-9-4-10-21-52)41-55(59(74)69-37-35-68(36-38-69)53-25-31-67(2)32-26-53)66-62(77)70-33-23-48(24-34-70)54-42-49-17-11-12-22-56(49)71(58(54)73)44-78-60(75)63(27-13-5-14-28-63)51-18-7-3-8-19-51/h3-4,7-12,17-22,39-40,42-43,48,53,55H,5-6,13-16,23-38,41,44-45H2,1-2H3,(H,66,77). The van der Waals surface area contributed by atoms with Gasteiger partial charge in [-0.15, -0.1) is 0 Å². The number of hydrogen-bond acceptors (Lipinski definition) is 10. The maximum absolute atomic E-state index is 14.8. The largest absolute Gasteiger partial charge is 0.443 e. The molecule has 1 unspecified atom stereocenters. The van der Waals surface area contributed by atoms with Crippen LogP contribution in [0.2, 0.25) is 0 Å². The zero-order valence-electron chi connectivity index (χ0n) is 46.3. The van der Waals surface area contributed by atoms with Gasteiger partial charge in [-0.3, -0.25) is 28.6 Å². The van der Waals surface area contributed by atoms with Crippen LogP contribution in [0.1, 0.15) is 124 Å². The van der Waals surface area contributed by atoms with E-state index in [0.29, 0.717) is 69.0 Å². The van der Waals surface area contributed by atoms with Crippen molar-refractivity contribution in [2.45, 2.75) is 146 Å². The Kier molecular flexibility index (Phi) is 16.3. The first kappa shape index (κ1) is 54.1. The van der Waals surface area contributed by atoms with Crippen LogP contribution >= 0.6 is 0 Å². The van der Waals surface area contributed by atoms with E-state index in [1.807, 2.05) is 109 Å². The van der Waals surface area contributed by atoms with E-state index >= 15 is 0 Å². The molecule has 4 aromatic carbocycles. The second-order valence-electron chi connectivity index (χ2n) is 23.4. The number of rotatable bonds is 14. The molecule has 0 radical (unpaired) electrons. The molecule has 0 spiro atoms. The van der Waals surface area contributed by atoms with Gasteiger partial charge in [-0.05, 0) is 130 Å². The average Bonchev–Trinajstić information content (AvgIpc) is 4.02. The Balaban J connectivity index is 0.785. The van der Waals surface area contributed by atoms with Gasteiger partial charge in [0.2, 0.25) is 5.91 Å². The van der Waals surface area contributed by atoms with Crippen LogP contribution in [0.25, 0.3) is 21.8 Å². The molecule has 1 N–H and O–H groups in total. The third kappa shape index (κ3) is 11.4. The van der Waals surface area contributed by atoms with E-state index in [2.05, 4.69) is 28.2 Å².